The van der Waals surface area contributed by atoms with Crippen LogP contribution in [-0.2, 0) is 29.2 Å². The number of rotatable bonds is 8. The molecule has 0 radical (unpaired) electrons. The predicted octanol–water partition coefficient (Wildman–Crippen LogP) is 5.47. The number of nitrogens with one attached hydrogen (secondary N) is 2. The number of benzene rings is 1. The van der Waals surface area contributed by atoms with E-state index in [2.05, 4.69) is 67.4 Å². The number of nitriles is 1. The van der Waals surface area contributed by atoms with Gasteiger partial charge in [0.25, 0.3) is 0 Å². The molecular weight excluding hydrogens is 634 g/mol. The average molecular weight is 673 g/mol. The molecule has 0 aliphatic carbocycles. The summed E-state index contributed by atoms with van der Waals surface area (Å²) < 4.78 is 56.4. The lowest BCUT2D eigenvalue weighted by molar-refractivity contribution is -0.126. The Kier molecular flexibility index (Phi) is 8.97. The fourth-order valence-electron chi connectivity index (χ4n) is 6.73. The van der Waals surface area contributed by atoms with Crippen molar-refractivity contribution >= 4 is 59.8 Å². The Balaban J connectivity index is 1.11. The van der Waals surface area contributed by atoms with Crippen molar-refractivity contribution in [1.29, 1.82) is 5.26 Å². The molecule has 2 fully saturated rings. The van der Waals surface area contributed by atoms with Crippen molar-refractivity contribution in [1.82, 2.24) is 24.2 Å². The molecular formula is C32H39F3N8OS2. The molecule has 4 aromatic rings. The second-order valence-electron chi connectivity index (χ2n) is 12.8. The van der Waals surface area contributed by atoms with Crippen LogP contribution < -0.4 is 15.8 Å². The summed E-state index contributed by atoms with van der Waals surface area (Å²) in [7, 11) is -2.17. The van der Waals surface area contributed by atoms with E-state index < -0.39 is 22.3 Å². The number of hydrogen-bond acceptors (Lipinski definition) is 8. The quantitative estimate of drug-likeness (QED) is 0.212. The van der Waals surface area contributed by atoms with Crippen LogP contribution in [0.2, 0.25) is 0 Å². The summed E-state index contributed by atoms with van der Waals surface area (Å²) in [5.74, 6) is 5.57. The zero-order valence-electron chi connectivity index (χ0n) is 26.0. The molecule has 1 aromatic carbocycles. The fourth-order valence-corrected chi connectivity index (χ4v) is 9.14. The van der Waals surface area contributed by atoms with Gasteiger partial charge in [0.1, 0.15) is 22.4 Å². The molecule has 9 nitrogen and oxygen atoms in total. The van der Waals surface area contributed by atoms with Crippen LogP contribution in [0.5, 0.6) is 0 Å². The van der Waals surface area contributed by atoms with Crippen molar-refractivity contribution in [2.45, 2.75) is 64.8 Å². The Morgan fingerprint density at radius 1 is 1.24 bits per heavy atom. The van der Waals surface area contributed by atoms with Gasteiger partial charge in [-0.25, -0.2) is 9.71 Å². The van der Waals surface area contributed by atoms with Crippen molar-refractivity contribution in [3.05, 3.63) is 46.0 Å². The number of anilines is 2. The van der Waals surface area contributed by atoms with Gasteiger partial charge >= 0.3 is 6.18 Å². The zero-order valence-corrected chi connectivity index (χ0v) is 27.6. The molecule has 2 unspecified atom stereocenters. The maximum atomic E-state index is 13.0. The molecule has 246 valence electrons. The number of piperidine rings is 1. The number of likely N-dealkylation sites (tertiary alicyclic amines) is 1. The molecule has 2 saturated heterocycles. The van der Waals surface area contributed by atoms with Crippen LogP contribution in [0, 0.1) is 30.1 Å². The van der Waals surface area contributed by atoms with Crippen molar-refractivity contribution < 1.29 is 17.4 Å². The number of thiophene rings is 1. The third kappa shape index (κ3) is 7.12. The number of aromatic nitrogens is 3. The van der Waals surface area contributed by atoms with E-state index in [1.54, 1.807) is 0 Å². The molecule has 0 amide bonds. The predicted molar refractivity (Wildman–Crippen MR) is 180 cm³/mol. The molecule has 2 aliphatic heterocycles. The van der Waals surface area contributed by atoms with Crippen molar-refractivity contribution in [2.24, 2.45) is 11.8 Å². The average Bonchev–Trinajstić information content (AvgIpc) is 3.55. The van der Waals surface area contributed by atoms with E-state index in [0.29, 0.717) is 45.9 Å². The number of fused-ring (bicyclic) bond motifs is 2. The van der Waals surface area contributed by atoms with Gasteiger partial charge in [0.05, 0.1) is 11.8 Å². The highest BCUT2D eigenvalue weighted by Crippen LogP contribution is 2.35. The first-order valence-electron chi connectivity index (χ1n) is 15.5. The second kappa shape index (κ2) is 12.7. The molecule has 4 N–H and O–H groups in total. The first kappa shape index (κ1) is 32.6. The van der Waals surface area contributed by atoms with Gasteiger partial charge in [0.2, 0.25) is 5.95 Å². The Morgan fingerprint density at radius 2 is 2.00 bits per heavy atom. The molecule has 3 atom stereocenters. The first-order chi connectivity index (χ1) is 21.8. The van der Waals surface area contributed by atoms with E-state index in [4.69, 9.17) is 5.73 Å². The van der Waals surface area contributed by atoms with E-state index in [-0.39, 0.29) is 16.9 Å². The monoisotopic (exact) mass is 672 g/mol. The van der Waals surface area contributed by atoms with E-state index in [1.165, 1.54) is 17.2 Å². The Morgan fingerprint density at radius 3 is 2.67 bits per heavy atom. The minimum atomic E-state index is -4.29. The molecule has 3 aromatic heterocycles. The molecule has 46 heavy (non-hydrogen) atoms. The van der Waals surface area contributed by atoms with Crippen molar-refractivity contribution in [3.8, 4) is 6.07 Å². The Labute approximate surface area is 271 Å². The largest absolute Gasteiger partial charge is 0.393 e. The van der Waals surface area contributed by atoms with E-state index >= 15 is 0 Å². The standard InChI is InChI=1S/C32H39F3N8OS2/c1-19(21-8-11-46(3,44)38-16-21)17-43-24(15-36)12-26-20(2)22(4-5-28(26)43)18-42-9-6-23(7-10-42)39-29-27-13-25(14-32(33,34)35)45-30(27)41-31(37)40-29/h4-5,12-13,19,21,23H,3,6-11,14,16-18H2,1-2H3,(H,38,44)(H3,37,39,40,41)/t19-,21?,46?/m0/s1. The lowest BCUT2D eigenvalue weighted by Gasteiger charge is -2.33. The summed E-state index contributed by atoms with van der Waals surface area (Å²) in [6, 6.07) is 10.3. The van der Waals surface area contributed by atoms with Gasteiger partial charge in [-0.2, -0.15) is 23.4 Å². The summed E-state index contributed by atoms with van der Waals surface area (Å²) in [6.45, 7) is 8.19. The highest BCUT2D eigenvalue weighted by Gasteiger charge is 2.30. The highest BCUT2D eigenvalue weighted by atomic mass is 32.2. The number of aryl methyl sites for hydroxylation is 1. The zero-order chi connectivity index (χ0) is 32.8. The lowest BCUT2D eigenvalue weighted by atomic mass is 9.91. The number of nitrogens with two attached hydrogens (primary N) is 1. The third-order valence-corrected chi connectivity index (χ3v) is 12.1. The van der Waals surface area contributed by atoms with Gasteiger partial charge in [0.15, 0.2) is 0 Å². The van der Waals surface area contributed by atoms with Crippen LogP contribution in [0.1, 0.15) is 47.9 Å². The topological polar surface area (TPSA) is 125 Å². The van der Waals surface area contributed by atoms with Gasteiger partial charge in [-0.1, -0.05) is 13.0 Å². The SMILES string of the molecule is C=S1(=O)CCC([C@@H](C)Cn2c(C#N)cc3c(C)c(CN4CCC(Nc5nc(N)nc6sc(CC(F)(F)F)cc56)CC4)ccc32)CN1. The van der Waals surface area contributed by atoms with Gasteiger partial charge < -0.3 is 15.6 Å². The number of hydrogen-bond donors (Lipinski definition) is 3. The second-order valence-corrected chi connectivity index (χ2v) is 16.2. The van der Waals surface area contributed by atoms with Crippen LogP contribution in [0.25, 0.3) is 21.1 Å². The van der Waals surface area contributed by atoms with E-state index in [1.807, 2.05) is 6.07 Å². The van der Waals surface area contributed by atoms with Crippen LogP contribution in [0.15, 0.2) is 24.3 Å². The number of nitrogens with zero attached hydrogens (tertiary/aromatic N) is 5. The number of halogens is 3. The molecule has 2 aliphatic rings. The van der Waals surface area contributed by atoms with Crippen LogP contribution in [0.3, 0.4) is 0 Å². The fraction of sp³-hybridized carbons (Fsp3) is 0.500. The van der Waals surface area contributed by atoms with Gasteiger partial charge in [-0.3, -0.25) is 9.11 Å². The molecule has 0 spiro atoms. The number of alkyl halides is 3. The van der Waals surface area contributed by atoms with Crippen LogP contribution >= 0.6 is 11.3 Å². The number of nitrogen functional groups attached to an aromatic ring is 1. The molecule has 0 saturated carbocycles. The maximum absolute atomic E-state index is 13.0. The molecule has 5 heterocycles. The molecule has 0 bridgehead atoms. The van der Waals surface area contributed by atoms with Crippen LogP contribution in [-0.4, -0.2) is 67.1 Å². The van der Waals surface area contributed by atoms with Crippen molar-refractivity contribution in [3.63, 3.8) is 0 Å². The summed E-state index contributed by atoms with van der Waals surface area (Å²) in [5, 5.41) is 15.1. The summed E-state index contributed by atoms with van der Waals surface area (Å²) >= 11 is 0.998. The summed E-state index contributed by atoms with van der Waals surface area (Å²) in [5.41, 5.74) is 9.99. The third-order valence-electron chi connectivity index (χ3n) is 9.44. The van der Waals surface area contributed by atoms with E-state index in [9.17, 15) is 22.6 Å². The Bertz CT molecular complexity index is 1890. The van der Waals surface area contributed by atoms with Crippen LogP contribution in [0.4, 0.5) is 24.9 Å². The summed E-state index contributed by atoms with van der Waals surface area (Å²) in [6.07, 6.45) is -2.74. The molecule has 14 heteroatoms. The Hall–Kier alpha value is -3.38. The van der Waals surface area contributed by atoms with Gasteiger partial charge in [-0.05, 0) is 73.2 Å². The smallest absolute Gasteiger partial charge is 0.368 e. The van der Waals surface area contributed by atoms with E-state index in [0.717, 1.165) is 67.7 Å². The maximum Gasteiger partial charge on any atom is 0.393 e. The van der Waals surface area contributed by atoms with Gasteiger partial charge in [-0.15, -0.1) is 11.3 Å². The minimum absolute atomic E-state index is 0.0396. The highest BCUT2D eigenvalue weighted by molar-refractivity contribution is 7.98. The van der Waals surface area contributed by atoms with Gasteiger partial charge in [0, 0.05) is 70.0 Å². The normalized spacial score (nSPS) is 22.3. The minimum Gasteiger partial charge on any atom is -0.368 e. The summed E-state index contributed by atoms with van der Waals surface area (Å²) in [4.78, 5) is 11.5. The first-order valence-corrected chi connectivity index (χ1v) is 18.2. The lowest BCUT2D eigenvalue weighted by Crippen LogP contribution is -2.40. The van der Waals surface area contributed by atoms with Crippen molar-refractivity contribution in [2.75, 3.05) is 36.4 Å². The molecule has 6 rings (SSSR count).